The summed E-state index contributed by atoms with van der Waals surface area (Å²) in [5.41, 5.74) is 3.28. The predicted molar refractivity (Wildman–Crippen MR) is 115 cm³/mol. The number of rotatable bonds is 5. The fourth-order valence-corrected chi connectivity index (χ4v) is 5.55. The van der Waals surface area contributed by atoms with Gasteiger partial charge in [-0.25, -0.2) is 0 Å². The minimum atomic E-state index is 0.00730. The molecule has 7 nitrogen and oxygen atoms in total. The summed E-state index contributed by atoms with van der Waals surface area (Å²) in [6.07, 6.45) is 6.11. The van der Waals surface area contributed by atoms with Gasteiger partial charge in [0, 0.05) is 45.3 Å². The molecule has 1 unspecified atom stereocenters. The number of hydrogen-bond acceptors (Lipinski definition) is 7. The Bertz CT molecular complexity index is 874. The zero-order chi connectivity index (χ0) is 20.4. The van der Waals surface area contributed by atoms with Gasteiger partial charge in [-0.2, -0.15) is 8.75 Å². The Morgan fingerprint density at radius 1 is 1.13 bits per heavy atom. The van der Waals surface area contributed by atoms with E-state index >= 15 is 0 Å². The van der Waals surface area contributed by atoms with Crippen LogP contribution in [0.3, 0.4) is 0 Å². The van der Waals surface area contributed by atoms with E-state index in [1.807, 2.05) is 0 Å². The number of hydrogen-bond donors (Lipinski definition) is 1. The first-order chi connectivity index (χ1) is 14.7. The fraction of sp³-hybridized carbons (Fsp3) is 0.682. The van der Waals surface area contributed by atoms with Crippen molar-refractivity contribution in [2.75, 3.05) is 32.8 Å². The molecule has 3 saturated heterocycles. The highest BCUT2D eigenvalue weighted by molar-refractivity contribution is 7.00. The minimum absolute atomic E-state index is 0.00730. The number of amides is 1. The molecule has 162 valence electrons. The molecule has 1 amide bonds. The zero-order valence-electron chi connectivity index (χ0n) is 17.3. The average molecular weight is 431 g/mol. The van der Waals surface area contributed by atoms with Crippen LogP contribution in [-0.2, 0) is 20.8 Å². The Balaban J connectivity index is 1.08. The molecular weight excluding hydrogens is 400 g/mol. The molecule has 0 aliphatic carbocycles. The second-order valence-electron chi connectivity index (χ2n) is 8.96. The highest BCUT2D eigenvalue weighted by Crippen LogP contribution is 2.39. The van der Waals surface area contributed by atoms with Crippen molar-refractivity contribution in [3.05, 3.63) is 23.8 Å². The molecule has 1 N–H and O–H groups in total. The Labute approximate surface area is 181 Å². The second-order valence-corrected chi connectivity index (χ2v) is 9.49. The summed E-state index contributed by atoms with van der Waals surface area (Å²) < 4.78 is 20.5. The number of aromatic nitrogens is 2. The van der Waals surface area contributed by atoms with Crippen LogP contribution in [0.4, 0.5) is 0 Å². The standard InChI is InChI=1S/C22H30N4O3S/c27-21(17-4-11-28-12-5-17)23-14-18-3-6-22(29-18)7-9-26(10-8-22)15-16-1-2-19-20(13-16)25-30-24-19/h1-2,13,17-18H,3-12,14-15H2,(H,23,27). The zero-order valence-corrected chi connectivity index (χ0v) is 18.2. The molecule has 1 aromatic carbocycles. The van der Waals surface area contributed by atoms with Crippen molar-refractivity contribution in [1.29, 1.82) is 0 Å². The van der Waals surface area contributed by atoms with Gasteiger partial charge in [-0.15, -0.1) is 0 Å². The van der Waals surface area contributed by atoms with Crippen LogP contribution >= 0.6 is 11.7 Å². The topological polar surface area (TPSA) is 76.6 Å². The van der Waals surface area contributed by atoms with E-state index in [1.54, 1.807) is 0 Å². The predicted octanol–water partition coefficient (Wildman–Crippen LogP) is 2.75. The van der Waals surface area contributed by atoms with E-state index in [4.69, 9.17) is 9.47 Å². The van der Waals surface area contributed by atoms with E-state index in [2.05, 4.69) is 37.2 Å². The molecule has 3 aliphatic rings. The lowest BCUT2D eigenvalue weighted by Crippen LogP contribution is -2.45. The number of piperidine rings is 1. The van der Waals surface area contributed by atoms with Crippen molar-refractivity contribution in [2.24, 2.45) is 5.92 Å². The van der Waals surface area contributed by atoms with Crippen LogP contribution in [0.25, 0.3) is 11.0 Å². The maximum absolute atomic E-state index is 12.4. The number of carbonyl (C=O) groups is 1. The van der Waals surface area contributed by atoms with Crippen molar-refractivity contribution >= 4 is 28.7 Å². The Morgan fingerprint density at radius 3 is 2.77 bits per heavy atom. The van der Waals surface area contributed by atoms with Gasteiger partial charge in [-0.05, 0) is 56.2 Å². The van der Waals surface area contributed by atoms with Crippen LogP contribution in [0.2, 0.25) is 0 Å². The summed E-state index contributed by atoms with van der Waals surface area (Å²) in [5.74, 6) is 0.279. The molecule has 3 aliphatic heterocycles. The molecule has 3 fully saturated rings. The molecular formula is C22H30N4O3S. The highest BCUT2D eigenvalue weighted by Gasteiger charge is 2.42. The number of ether oxygens (including phenoxy) is 2. The second kappa shape index (κ2) is 8.86. The van der Waals surface area contributed by atoms with Crippen molar-refractivity contribution in [2.45, 2.75) is 56.8 Å². The van der Waals surface area contributed by atoms with Gasteiger partial charge in [-0.3, -0.25) is 9.69 Å². The summed E-state index contributed by atoms with van der Waals surface area (Å²) >= 11 is 1.27. The van der Waals surface area contributed by atoms with Gasteiger partial charge in [0.1, 0.15) is 11.0 Å². The number of benzene rings is 1. The van der Waals surface area contributed by atoms with Crippen molar-refractivity contribution in [1.82, 2.24) is 19.0 Å². The monoisotopic (exact) mass is 430 g/mol. The van der Waals surface area contributed by atoms with E-state index in [9.17, 15) is 4.79 Å². The van der Waals surface area contributed by atoms with Crippen molar-refractivity contribution < 1.29 is 14.3 Å². The third-order valence-corrected chi connectivity index (χ3v) is 7.48. The van der Waals surface area contributed by atoms with Crippen LogP contribution < -0.4 is 5.32 Å². The molecule has 2 aromatic rings. The number of carbonyl (C=O) groups excluding carboxylic acids is 1. The minimum Gasteiger partial charge on any atom is -0.381 e. The maximum Gasteiger partial charge on any atom is 0.223 e. The highest BCUT2D eigenvalue weighted by atomic mass is 32.1. The lowest BCUT2D eigenvalue weighted by Gasteiger charge is -2.39. The van der Waals surface area contributed by atoms with Gasteiger partial charge in [0.05, 0.1) is 23.4 Å². The van der Waals surface area contributed by atoms with Gasteiger partial charge in [0.2, 0.25) is 5.91 Å². The first kappa shape index (κ1) is 20.3. The molecule has 1 aromatic heterocycles. The fourth-order valence-electron chi connectivity index (χ4n) is 5.03. The molecule has 30 heavy (non-hydrogen) atoms. The lowest BCUT2D eigenvalue weighted by molar-refractivity contribution is -0.129. The van der Waals surface area contributed by atoms with Crippen LogP contribution in [0.5, 0.6) is 0 Å². The molecule has 1 atom stereocenters. The average Bonchev–Trinajstić information content (AvgIpc) is 3.41. The van der Waals surface area contributed by atoms with Gasteiger partial charge in [0.25, 0.3) is 0 Å². The van der Waals surface area contributed by atoms with Gasteiger partial charge in [0.15, 0.2) is 0 Å². The van der Waals surface area contributed by atoms with E-state index < -0.39 is 0 Å². The molecule has 0 saturated carbocycles. The molecule has 4 heterocycles. The third-order valence-electron chi connectivity index (χ3n) is 6.93. The summed E-state index contributed by atoms with van der Waals surface area (Å²) in [6, 6.07) is 6.39. The molecule has 5 rings (SSSR count). The number of likely N-dealkylation sites (tertiary alicyclic amines) is 1. The quantitative estimate of drug-likeness (QED) is 0.786. The SMILES string of the molecule is O=C(NCC1CCC2(CCN(Cc3ccc4nsnc4c3)CC2)O1)C1CCOCC1. The molecule has 8 heteroatoms. The van der Waals surface area contributed by atoms with Gasteiger partial charge < -0.3 is 14.8 Å². The molecule has 0 radical (unpaired) electrons. The largest absolute Gasteiger partial charge is 0.381 e. The van der Waals surface area contributed by atoms with Crippen LogP contribution in [0, 0.1) is 5.92 Å². The smallest absolute Gasteiger partial charge is 0.223 e. The number of fused-ring (bicyclic) bond motifs is 1. The van der Waals surface area contributed by atoms with Crippen molar-refractivity contribution in [3.8, 4) is 0 Å². The van der Waals surface area contributed by atoms with Crippen LogP contribution in [0.15, 0.2) is 18.2 Å². The van der Waals surface area contributed by atoms with Gasteiger partial charge in [-0.1, -0.05) is 6.07 Å². The Kier molecular flexibility index (Phi) is 6.00. The van der Waals surface area contributed by atoms with E-state index in [-0.39, 0.29) is 23.5 Å². The van der Waals surface area contributed by atoms with Crippen molar-refractivity contribution in [3.63, 3.8) is 0 Å². The van der Waals surface area contributed by atoms with Gasteiger partial charge >= 0.3 is 0 Å². The number of nitrogens with zero attached hydrogens (tertiary/aromatic N) is 3. The summed E-state index contributed by atoms with van der Waals surface area (Å²) in [4.78, 5) is 14.9. The first-order valence-corrected chi connectivity index (χ1v) is 11.9. The number of nitrogens with one attached hydrogen (secondary N) is 1. The summed E-state index contributed by atoms with van der Waals surface area (Å²) in [7, 11) is 0. The van der Waals surface area contributed by atoms with E-state index in [1.165, 1.54) is 17.3 Å². The normalized spacial score (nSPS) is 25.1. The molecule has 1 spiro atoms. The van der Waals surface area contributed by atoms with E-state index in [0.717, 1.165) is 69.2 Å². The summed E-state index contributed by atoms with van der Waals surface area (Å²) in [6.45, 7) is 5.10. The molecule has 0 bridgehead atoms. The third kappa shape index (κ3) is 4.51. The van der Waals surface area contributed by atoms with Crippen LogP contribution in [0.1, 0.15) is 44.1 Å². The maximum atomic E-state index is 12.4. The first-order valence-electron chi connectivity index (χ1n) is 11.2. The Morgan fingerprint density at radius 2 is 1.93 bits per heavy atom. The summed E-state index contributed by atoms with van der Waals surface area (Å²) in [5, 5.41) is 3.13. The van der Waals surface area contributed by atoms with E-state index in [0.29, 0.717) is 19.8 Å². The Hall–Kier alpha value is -1.61. The lowest BCUT2D eigenvalue weighted by atomic mass is 9.88. The van der Waals surface area contributed by atoms with Crippen LogP contribution in [-0.4, -0.2) is 64.1 Å².